The van der Waals surface area contributed by atoms with Crippen molar-refractivity contribution in [1.29, 1.82) is 0 Å². The van der Waals surface area contributed by atoms with Crippen LogP contribution in [0.5, 0.6) is 0 Å². The van der Waals surface area contributed by atoms with Gasteiger partial charge in [0, 0.05) is 23.8 Å². The number of carboxylic acids is 2. The summed E-state index contributed by atoms with van der Waals surface area (Å²) < 4.78 is 0. The number of carboxylic acid groups (broad SMARTS) is 2. The largest absolute Gasteiger partial charge is 0.481 e. The van der Waals surface area contributed by atoms with E-state index in [9.17, 15) is 9.59 Å². The van der Waals surface area contributed by atoms with Gasteiger partial charge in [-0.1, -0.05) is 23.7 Å². The third-order valence-electron chi connectivity index (χ3n) is 4.25. The molecule has 0 fully saturated rings. The quantitative estimate of drug-likeness (QED) is 0.725. The van der Waals surface area contributed by atoms with Crippen molar-refractivity contribution < 1.29 is 19.8 Å². The molecule has 0 atom stereocenters. The number of nitrogens with zero attached hydrogens (tertiary/aromatic N) is 1. The summed E-state index contributed by atoms with van der Waals surface area (Å²) in [6.07, 6.45) is 6.16. The Bertz CT molecular complexity index is 767. The van der Waals surface area contributed by atoms with Gasteiger partial charge < -0.3 is 15.5 Å². The first kappa shape index (κ1) is 20.9. The van der Waals surface area contributed by atoms with Crippen LogP contribution in [0, 0.1) is 0 Å². The Kier molecular flexibility index (Phi) is 8.23. The van der Waals surface area contributed by atoms with Crippen LogP contribution < -0.4 is 5.32 Å². The fourth-order valence-electron chi connectivity index (χ4n) is 2.93. The molecule has 0 spiro atoms. The van der Waals surface area contributed by atoms with Crippen molar-refractivity contribution in [3.8, 4) is 0 Å². The number of halogens is 1. The lowest BCUT2D eigenvalue weighted by Gasteiger charge is -2.14. The molecule has 3 rings (SSSR count). The molecule has 0 amide bonds. The van der Waals surface area contributed by atoms with E-state index in [-0.39, 0.29) is 12.8 Å². The maximum atomic E-state index is 9.64. The number of fused-ring (bicyclic) bond motifs is 1. The van der Waals surface area contributed by atoms with Crippen LogP contribution >= 0.6 is 11.6 Å². The van der Waals surface area contributed by atoms with Gasteiger partial charge in [0.2, 0.25) is 0 Å². The van der Waals surface area contributed by atoms with E-state index in [1.807, 2.05) is 18.3 Å². The number of hydrogen-bond donors (Lipinski definition) is 3. The molecule has 0 aliphatic carbocycles. The molecule has 1 aromatic carbocycles. The molecule has 0 radical (unpaired) electrons. The predicted octanol–water partition coefficient (Wildman–Crippen LogP) is 2.95. The average molecular weight is 391 g/mol. The minimum absolute atomic E-state index is 0.296. The highest BCUT2D eigenvalue weighted by Crippen LogP contribution is 2.27. The van der Waals surface area contributed by atoms with Gasteiger partial charge in [0.05, 0.1) is 12.8 Å². The summed E-state index contributed by atoms with van der Waals surface area (Å²) in [4.78, 5) is 23.5. The van der Waals surface area contributed by atoms with Gasteiger partial charge >= 0.3 is 11.9 Å². The van der Waals surface area contributed by atoms with E-state index in [1.54, 1.807) is 6.20 Å². The lowest BCUT2D eigenvalue weighted by molar-refractivity contribution is -0.143. The third-order valence-corrected chi connectivity index (χ3v) is 4.60. The molecule has 0 saturated heterocycles. The Hall–Kier alpha value is -2.44. The molecule has 1 aliphatic heterocycles. The van der Waals surface area contributed by atoms with Crippen molar-refractivity contribution in [1.82, 2.24) is 10.3 Å². The standard InChI is InChI=1S/C16H17ClN2.C4H6O4/c17-16-4-3-13-5-8-18-9-6-14(13)15(16)10-12-2-1-7-19-11-12;5-3(6)1-2-4(7)8/h1-4,7,11,18H,5-6,8-10H2;1-2H2,(H,5,6)(H,7,8). The zero-order valence-electron chi connectivity index (χ0n) is 14.9. The van der Waals surface area contributed by atoms with Crippen molar-refractivity contribution in [3.05, 3.63) is 63.9 Å². The maximum Gasteiger partial charge on any atom is 0.303 e. The molecular formula is C20H23ClN2O4. The number of aliphatic carboxylic acids is 2. The highest BCUT2D eigenvalue weighted by molar-refractivity contribution is 6.31. The zero-order chi connectivity index (χ0) is 19.6. The molecule has 2 aromatic rings. The van der Waals surface area contributed by atoms with Crippen molar-refractivity contribution in [2.75, 3.05) is 13.1 Å². The van der Waals surface area contributed by atoms with E-state index in [1.165, 1.54) is 22.3 Å². The first-order chi connectivity index (χ1) is 13.0. The van der Waals surface area contributed by atoms with E-state index in [0.717, 1.165) is 37.4 Å². The summed E-state index contributed by atoms with van der Waals surface area (Å²) in [6, 6.07) is 8.30. The van der Waals surface area contributed by atoms with Crippen LogP contribution in [0.15, 0.2) is 36.7 Å². The minimum atomic E-state index is -1.08. The topological polar surface area (TPSA) is 99.5 Å². The highest BCUT2D eigenvalue weighted by Gasteiger charge is 2.15. The van der Waals surface area contributed by atoms with Crippen LogP contribution in [-0.2, 0) is 28.9 Å². The van der Waals surface area contributed by atoms with E-state index in [4.69, 9.17) is 21.8 Å². The summed E-state index contributed by atoms with van der Waals surface area (Å²) in [5.74, 6) is -2.15. The smallest absolute Gasteiger partial charge is 0.303 e. The Morgan fingerprint density at radius 1 is 1.07 bits per heavy atom. The monoisotopic (exact) mass is 390 g/mol. The number of nitrogens with one attached hydrogen (secondary N) is 1. The molecule has 0 unspecified atom stereocenters. The molecule has 0 bridgehead atoms. The van der Waals surface area contributed by atoms with Gasteiger partial charge in [-0.15, -0.1) is 0 Å². The summed E-state index contributed by atoms with van der Waals surface area (Å²) >= 11 is 6.42. The van der Waals surface area contributed by atoms with Gasteiger partial charge in [-0.25, -0.2) is 0 Å². The van der Waals surface area contributed by atoms with Gasteiger partial charge in [-0.2, -0.15) is 0 Å². The molecule has 1 aromatic heterocycles. The van der Waals surface area contributed by atoms with E-state index in [2.05, 4.69) is 22.4 Å². The minimum Gasteiger partial charge on any atom is -0.481 e. The van der Waals surface area contributed by atoms with Crippen molar-refractivity contribution in [2.24, 2.45) is 0 Å². The predicted molar refractivity (Wildman–Crippen MR) is 103 cm³/mol. The lowest BCUT2D eigenvalue weighted by Crippen LogP contribution is -2.16. The van der Waals surface area contributed by atoms with E-state index < -0.39 is 11.9 Å². The van der Waals surface area contributed by atoms with E-state index >= 15 is 0 Å². The number of benzene rings is 1. The Labute approximate surface area is 163 Å². The molecule has 2 heterocycles. The second-order valence-electron chi connectivity index (χ2n) is 6.24. The van der Waals surface area contributed by atoms with Gasteiger partial charge in [0.25, 0.3) is 0 Å². The van der Waals surface area contributed by atoms with Crippen LogP contribution in [0.2, 0.25) is 5.02 Å². The maximum absolute atomic E-state index is 9.64. The SMILES string of the molecule is Clc1ccc2c(c1Cc1cccnc1)CCNCC2.O=C(O)CCC(=O)O. The lowest BCUT2D eigenvalue weighted by atomic mass is 9.93. The molecule has 6 nitrogen and oxygen atoms in total. The van der Waals surface area contributed by atoms with Gasteiger partial charge in [0.1, 0.15) is 0 Å². The van der Waals surface area contributed by atoms with Crippen molar-refractivity contribution in [3.63, 3.8) is 0 Å². The second-order valence-corrected chi connectivity index (χ2v) is 6.65. The average Bonchev–Trinajstić information content (AvgIpc) is 2.89. The zero-order valence-corrected chi connectivity index (χ0v) is 15.7. The molecule has 7 heteroatoms. The van der Waals surface area contributed by atoms with Gasteiger partial charge in [-0.05, 0) is 60.3 Å². The summed E-state index contributed by atoms with van der Waals surface area (Å²) in [5.41, 5.74) is 5.36. The fraction of sp³-hybridized carbons (Fsp3) is 0.350. The molecule has 3 N–H and O–H groups in total. The first-order valence-corrected chi connectivity index (χ1v) is 9.17. The Morgan fingerprint density at radius 2 is 1.78 bits per heavy atom. The summed E-state index contributed by atoms with van der Waals surface area (Å²) in [6.45, 7) is 2.09. The first-order valence-electron chi connectivity index (χ1n) is 8.79. The molecular weight excluding hydrogens is 368 g/mol. The molecule has 0 saturated carbocycles. The summed E-state index contributed by atoms with van der Waals surface area (Å²) in [7, 11) is 0. The normalized spacial score (nSPS) is 12.9. The van der Waals surface area contributed by atoms with Gasteiger partial charge in [0.15, 0.2) is 0 Å². The van der Waals surface area contributed by atoms with Crippen LogP contribution in [-0.4, -0.2) is 40.2 Å². The second kappa shape index (κ2) is 10.6. The van der Waals surface area contributed by atoms with E-state index in [0.29, 0.717) is 0 Å². The van der Waals surface area contributed by atoms with Gasteiger partial charge in [-0.3, -0.25) is 14.6 Å². The molecule has 27 heavy (non-hydrogen) atoms. The van der Waals surface area contributed by atoms with Crippen molar-refractivity contribution in [2.45, 2.75) is 32.1 Å². The van der Waals surface area contributed by atoms with Crippen LogP contribution in [0.3, 0.4) is 0 Å². The van der Waals surface area contributed by atoms with Crippen molar-refractivity contribution >= 4 is 23.5 Å². The van der Waals surface area contributed by atoms with Crippen LogP contribution in [0.4, 0.5) is 0 Å². The number of aromatic nitrogens is 1. The Balaban J connectivity index is 0.000000279. The highest BCUT2D eigenvalue weighted by atomic mass is 35.5. The fourth-order valence-corrected chi connectivity index (χ4v) is 3.18. The molecule has 144 valence electrons. The number of pyridine rings is 1. The van der Waals surface area contributed by atoms with Crippen LogP contribution in [0.25, 0.3) is 0 Å². The third kappa shape index (κ3) is 7.00. The Morgan fingerprint density at radius 3 is 2.41 bits per heavy atom. The van der Waals surface area contributed by atoms with Crippen LogP contribution in [0.1, 0.15) is 35.1 Å². The number of hydrogen-bond acceptors (Lipinski definition) is 4. The molecule has 1 aliphatic rings. The number of rotatable bonds is 5. The number of carbonyl (C=O) groups is 2. The summed E-state index contributed by atoms with van der Waals surface area (Å²) in [5, 5.41) is 20.1.